The Labute approximate surface area is 162 Å². The number of esters is 2. The highest BCUT2D eigenvalue weighted by atomic mass is 16.6. The number of carbonyl (C=O) groups is 2. The molecule has 0 bridgehead atoms. The maximum absolute atomic E-state index is 12.5. The third-order valence-electron chi connectivity index (χ3n) is 3.78. The van der Waals surface area contributed by atoms with E-state index in [0.717, 1.165) is 0 Å². The molecule has 0 unspecified atom stereocenters. The highest BCUT2D eigenvalue weighted by Gasteiger charge is 2.30. The number of rotatable bonds is 9. The zero-order chi connectivity index (χ0) is 20.6. The highest BCUT2D eigenvalue weighted by molar-refractivity contribution is 5.80. The average molecular weight is 376 g/mol. The summed E-state index contributed by atoms with van der Waals surface area (Å²) in [5, 5.41) is 0. The van der Waals surface area contributed by atoms with Crippen LogP contribution >= 0.6 is 0 Å². The van der Waals surface area contributed by atoms with E-state index in [4.69, 9.17) is 14.2 Å². The van der Waals surface area contributed by atoms with Crippen LogP contribution < -0.4 is 4.74 Å². The first-order chi connectivity index (χ1) is 12.5. The third kappa shape index (κ3) is 8.29. The molecule has 150 valence electrons. The maximum Gasteiger partial charge on any atom is 0.309 e. The molecular formula is C22H32O5. The number of carbonyl (C=O) groups excluding carboxylic acids is 2. The molecule has 0 aliphatic heterocycles. The predicted octanol–water partition coefficient (Wildman–Crippen LogP) is 4.56. The van der Waals surface area contributed by atoms with Gasteiger partial charge < -0.3 is 14.2 Å². The lowest BCUT2D eigenvalue weighted by molar-refractivity contribution is -0.164. The summed E-state index contributed by atoms with van der Waals surface area (Å²) in [5.74, 6) is -0.744. The predicted molar refractivity (Wildman–Crippen MR) is 105 cm³/mol. The lowest BCUT2D eigenvalue weighted by Crippen LogP contribution is -2.39. The van der Waals surface area contributed by atoms with Gasteiger partial charge in [-0.15, -0.1) is 0 Å². The summed E-state index contributed by atoms with van der Waals surface area (Å²) in [6, 6.07) is 9.36. The van der Waals surface area contributed by atoms with E-state index in [-0.39, 0.29) is 18.4 Å². The van der Waals surface area contributed by atoms with Crippen molar-refractivity contribution in [3.05, 3.63) is 43.0 Å². The fourth-order valence-electron chi connectivity index (χ4n) is 2.45. The van der Waals surface area contributed by atoms with E-state index in [0.29, 0.717) is 5.75 Å². The summed E-state index contributed by atoms with van der Waals surface area (Å²) < 4.78 is 16.9. The SMILES string of the molecule is C=C[C@@H](OC(=O)[C@H](C)CC(=O)OC(C)(C)C)[C@H](Oc1ccccc1)C(C)C. The minimum atomic E-state index is -0.626. The standard InChI is InChI=1S/C22H32O5/c1-8-18(20(15(2)3)25-17-12-10-9-11-13-17)26-21(24)16(4)14-19(23)27-22(5,6)7/h8-13,15-16,18,20H,1,14H2,2-7H3/t16-,18-,20-/m1/s1. The molecule has 0 spiro atoms. The van der Waals surface area contributed by atoms with Crippen LogP contribution in [0.3, 0.4) is 0 Å². The average Bonchev–Trinajstić information content (AvgIpc) is 2.56. The molecule has 0 aliphatic rings. The molecule has 0 radical (unpaired) electrons. The van der Waals surface area contributed by atoms with Gasteiger partial charge >= 0.3 is 11.9 Å². The molecule has 0 N–H and O–H groups in total. The molecule has 27 heavy (non-hydrogen) atoms. The van der Waals surface area contributed by atoms with Crippen molar-refractivity contribution in [2.75, 3.05) is 0 Å². The van der Waals surface area contributed by atoms with Gasteiger partial charge in [0.2, 0.25) is 0 Å². The van der Waals surface area contributed by atoms with Crippen molar-refractivity contribution in [2.45, 2.75) is 65.8 Å². The molecule has 0 aliphatic carbocycles. The van der Waals surface area contributed by atoms with Crippen LogP contribution in [0, 0.1) is 11.8 Å². The van der Waals surface area contributed by atoms with E-state index in [9.17, 15) is 9.59 Å². The Morgan fingerprint density at radius 3 is 2.19 bits per heavy atom. The number of benzene rings is 1. The lowest BCUT2D eigenvalue weighted by Gasteiger charge is -2.29. The quantitative estimate of drug-likeness (QED) is 0.467. The summed E-state index contributed by atoms with van der Waals surface area (Å²) in [4.78, 5) is 24.4. The molecule has 0 fully saturated rings. The molecule has 0 heterocycles. The van der Waals surface area contributed by atoms with E-state index in [1.165, 1.54) is 0 Å². The molecule has 0 saturated heterocycles. The minimum absolute atomic E-state index is 0.0359. The summed E-state index contributed by atoms with van der Waals surface area (Å²) in [6.07, 6.45) is 0.513. The Morgan fingerprint density at radius 2 is 1.70 bits per heavy atom. The van der Waals surface area contributed by atoms with Gasteiger partial charge in [0, 0.05) is 0 Å². The van der Waals surface area contributed by atoms with Crippen LogP contribution in [0.25, 0.3) is 0 Å². The summed E-state index contributed by atoms with van der Waals surface area (Å²) in [7, 11) is 0. The molecule has 0 saturated carbocycles. The van der Waals surface area contributed by atoms with E-state index >= 15 is 0 Å². The molecule has 5 nitrogen and oxygen atoms in total. The van der Waals surface area contributed by atoms with E-state index in [1.807, 2.05) is 44.2 Å². The molecule has 1 aromatic carbocycles. The van der Waals surface area contributed by atoms with Crippen LogP contribution in [-0.2, 0) is 19.1 Å². The Bertz CT molecular complexity index is 615. The normalized spacial score (nSPS) is 14.8. The van der Waals surface area contributed by atoms with Crippen LogP contribution in [0.2, 0.25) is 0 Å². The van der Waals surface area contributed by atoms with Gasteiger partial charge in [0.15, 0.2) is 6.10 Å². The van der Waals surface area contributed by atoms with Crippen LogP contribution in [0.4, 0.5) is 0 Å². The monoisotopic (exact) mass is 376 g/mol. The molecule has 0 aromatic heterocycles. The summed E-state index contributed by atoms with van der Waals surface area (Å²) in [6.45, 7) is 14.8. The fourth-order valence-corrected chi connectivity index (χ4v) is 2.45. The van der Waals surface area contributed by atoms with Crippen LogP contribution in [-0.4, -0.2) is 29.7 Å². The van der Waals surface area contributed by atoms with E-state index < -0.39 is 29.6 Å². The Balaban J connectivity index is 2.74. The second kappa shape index (κ2) is 10.1. The Kier molecular flexibility index (Phi) is 8.54. The number of ether oxygens (including phenoxy) is 3. The van der Waals surface area contributed by atoms with Crippen molar-refractivity contribution >= 4 is 11.9 Å². The van der Waals surface area contributed by atoms with Gasteiger partial charge in [-0.3, -0.25) is 9.59 Å². The fraction of sp³-hybridized carbons (Fsp3) is 0.545. The van der Waals surface area contributed by atoms with Gasteiger partial charge in [-0.05, 0) is 44.9 Å². The van der Waals surface area contributed by atoms with E-state index in [1.54, 1.807) is 33.8 Å². The lowest BCUT2D eigenvalue weighted by atomic mass is 10.0. The second-order valence-electron chi connectivity index (χ2n) is 7.97. The summed E-state index contributed by atoms with van der Waals surface area (Å²) >= 11 is 0. The van der Waals surface area contributed by atoms with Crippen LogP contribution in [0.15, 0.2) is 43.0 Å². The smallest absolute Gasteiger partial charge is 0.309 e. The van der Waals surface area contributed by atoms with Crippen molar-refractivity contribution in [1.82, 2.24) is 0 Å². The molecule has 1 aromatic rings. The highest BCUT2D eigenvalue weighted by Crippen LogP contribution is 2.22. The zero-order valence-corrected chi connectivity index (χ0v) is 17.2. The van der Waals surface area contributed by atoms with Crippen molar-refractivity contribution in [3.8, 4) is 5.75 Å². The first kappa shape index (κ1) is 22.7. The molecule has 1 rings (SSSR count). The third-order valence-corrected chi connectivity index (χ3v) is 3.78. The second-order valence-corrected chi connectivity index (χ2v) is 7.97. The first-order valence-electron chi connectivity index (χ1n) is 9.30. The number of para-hydroxylation sites is 1. The number of hydrogen-bond donors (Lipinski definition) is 0. The number of hydrogen-bond acceptors (Lipinski definition) is 5. The van der Waals surface area contributed by atoms with Gasteiger partial charge in [-0.25, -0.2) is 0 Å². The van der Waals surface area contributed by atoms with Gasteiger partial charge in [-0.2, -0.15) is 0 Å². The first-order valence-corrected chi connectivity index (χ1v) is 9.30. The Morgan fingerprint density at radius 1 is 1.11 bits per heavy atom. The van der Waals surface area contributed by atoms with Crippen molar-refractivity contribution < 1.29 is 23.8 Å². The van der Waals surface area contributed by atoms with Crippen molar-refractivity contribution in [2.24, 2.45) is 11.8 Å². The Hall–Kier alpha value is -2.30. The molecule has 5 heteroatoms. The van der Waals surface area contributed by atoms with E-state index in [2.05, 4.69) is 6.58 Å². The topological polar surface area (TPSA) is 61.8 Å². The largest absolute Gasteiger partial charge is 0.486 e. The van der Waals surface area contributed by atoms with Gasteiger partial charge in [0.1, 0.15) is 17.5 Å². The van der Waals surface area contributed by atoms with Crippen molar-refractivity contribution in [3.63, 3.8) is 0 Å². The van der Waals surface area contributed by atoms with Gasteiger partial charge in [0.05, 0.1) is 12.3 Å². The molecule has 3 atom stereocenters. The van der Waals surface area contributed by atoms with Crippen molar-refractivity contribution in [1.29, 1.82) is 0 Å². The molecule has 0 amide bonds. The summed E-state index contributed by atoms with van der Waals surface area (Å²) in [5.41, 5.74) is -0.587. The van der Waals surface area contributed by atoms with Crippen LogP contribution in [0.1, 0.15) is 48.0 Å². The molecular weight excluding hydrogens is 344 g/mol. The van der Waals surface area contributed by atoms with Crippen LogP contribution in [0.5, 0.6) is 5.75 Å². The van der Waals surface area contributed by atoms with Gasteiger partial charge in [-0.1, -0.05) is 45.5 Å². The van der Waals surface area contributed by atoms with Gasteiger partial charge in [0.25, 0.3) is 0 Å². The minimum Gasteiger partial charge on any atom is -0.486 e. The maximum atomic E-state index is 12.5. The zero-order valence-electron chi connectivity index (χ0n) is 17.2.